The molecule has 0 N–H and O–H groups in total. The molecule has 0 unspecified atom stereocenters. The number of carbonyl (C=O) groups excluding carboxylic acids is 1. The van der Waals surface area contributed by atoms with Gasteiger partial charge >= 0.3 is 0 Å². The van der Waals surface area contributed by atoms with Crippen LogP contribution >= 0.6 is 0 Å². The number of ether oxygens (including phenoxy) is 1. The van der Waals surface area contributed by atoms with Crippen molar-refractivity contribution >= 4 is 5.78 Å². The van der Waals surface area contributed by atoms with Crippen LogP contribution in [0.5, 0.6) is 5.75 Å². The molecule has 0 saturated carbocycles. The first-order valence-electron chi connectivity index (χ1n) is 7.01. The first kappa shape index (κ1) is 15.2. The van der Waals surface area contributed by atoms with E-state index in [2.05, 4.69) is 5.10 Å². The molecule has 0 aliphatic carbocycles. The largest absolute Gasteiger partial charge is 0.494 e. The van der Waals surface area contributed by atoms with Gasteiger partial charge in [0.1, 0.15) is 0 Å². The molecule has 4 nitrogen and oxygen atoms in total. The summed E-state index contributed by atoms with van der Waals surface area (Å²) in [5.41, 5.74) is 2.16. The Morgan fingerprint density at radius 1 is 1.33 bits per heavy atom. The second-order valence-electron chi connectivity index (χ2n) is 4.75. The Kier molecular flexibility index (Phi) is 4.73. The van der Waals surface area contributed by atoms with Gasteiger partial charge in [-0.2, -0.15) is 5.10 Å². The van der Waals surface area contributed by atoms with Crippen molar-refractivity contribution < 1.29 is 13.9 Å². The van der Waals surface area contributed by atoms with Gasteiger partial charge in [0.05, 0.1) is 19.2 Å². The van der Waals surface area contributed by atoms with Gasteiger partial charge in [-0.25, -0.2) is 4.39 Å². The first-order valence-corrected chi connectivity index (χ1v) is 7.01. The Morgan fingerprint density at radius 2 is 2.10 bits per heavy atom. The van der Waals surface area contributed by atoms with Gasteiger partial charge in [-0.05, 0) is 37.6 Å². The number of ketones is 1. The number of benzene rings is 1. The SMILES string of the molecule is CCc1cc(CC(=O)c2ccc(OC)c(F)c2)n(CC)n1. The van der Waals surface area contributed by atoms with E-state index in [1.54, 1.807) is 6.07 Å². The predicted octanol–water partition coefficient (Wildman–Crippen LogP) is 3.04. The maximum absolute atomic E-state index is 13.7. The number of rotatable bonds is 6. The lowest BCUT2D eigenvalue weighted by atomic mass is 10.1. The highest BCUT2D eigenvalue weighted by Crippen LogP contribution is 2.19. The molecule has 0 saturated heterocycles. The Balaban J connectivity index is 2.21. The van der Waals surface area contributed by atoms with Crippen LogP contribution in [0.3, 0.4) is 0 Å². The normalized spacial score (nSPS) is 10.7. The van der Waals surface area contributed by atoms with Crippen LogP contribution in [0, 0.1) is 5.82 Å². The van der Waals surface area contributed by atoms with Crippen molar-refractivity contribution in [2.45, 2.75) is 33.2 Å². The highest BCUT2D eigenvalue weighted by atomic mass is 19.1. The van der Waals surface area contributed by atoms with Gasteiger partial charge in [-0.3, -0.25) is 9.48 Å². The van der Waals surface area contributed by atoms with Crippen molar-refractivity contribution in [3.63, 3.8) is 0 Å². The number of Topliss-reactive ketones (excluding diaryl/α,β-unsaturated/α-hetero) is 1. The van der Waals surface area contributed by atoms with E-state index in [0.29, 0.717) is 12.1 Å². The predicted molar refractivity (Wildman–Crippen MR) is 78.3 cm³/mol. The second-order valence-corrected chi connectivity index (χ2v) is 4.75. The van der Waals surface area contributed by atoms with Crippen molar-refractivity contribution in [3.05, 3.63) is 47.0 Å². The number of hydrogen-bond acceptors (Lipinski definition) is 3. The maximum atomic E-state index is 13.7. The fourth-order valence-electron chi connectivity index (χ4n) is 2.21. The molecule has 1 aromatic carbocycles. The molecule has 2 rings (SSSR count). The number of nitrogens with zero attached hydrogens (tertiary/aromatic N) is 2. The molecule has 1 aromatic heterocycles. The molecular formula is C16H19FN2O2. The van der Waals surface area contributed by atoms with Crippen LogP contribution in [-0.2, 0) is 19.4 Å². The smallest absolute Gasteiger partial charge is 0.168 e. The molecule has 2 aromatic rings. The van der Waals surface area contributed by atoms with E-state index in [1.165, 1.54) is 19.2 Å². The highest BCUT2D eigenvalue weighted by molar-refractivity contribution is 5.97. The van der Waals surface area contributed by atoms with Gasteiger partial charge in [-0.15, -0.1) is 0 Å². The summed E-state index contributed by atoms with van der Waals surface area (Å²) in [6, 6.07) is 6.20. The number of carbonyl (C=O) groups is 1. The summed E-state index contributed by atoms with van der Waals surface area (Å²) in [5.74, 6) is -0.520. The number of methoxy groups -OCH3 is 1. The quantitative estimate of drug-likeness (QED) is 0.768. The molecule has 112 valence electrons. The van der Waals surface area contributed by atoms with E-state index in [0.717, 1.165) is 17.8 Å². The molecule has 0 aliphatic rings. The van der Waals surface area contributed by atoms with Gasteiger partial charge in [-0.1, -0.05) is 6.92 Å². The summed E-state index contributed by atoms with van der Waals surface area (Å²) in [4.78, 5) is 12.3. The maximum Gasteiger partial charge on any atom is 0.168 e. The molecule has 0 bridgehead atoms. The zero-order valence-electron chi connectivity index (χ0n) is 12.5. The van der Waals surface area contributed by atoms with Crippen molar-refractivity contribution in [1.29, 1.82) is 0 Å². The van der Waals surface area contributed by atoms with Crippen LogP contribution in [-0.4, -0.2) is 22.7 Å². The zero-order chi connectivity index (χ0) is 15.4. The molecule has 0 spiro atoms. The average molecular weight is 290 g/mol. The monoisotopic (exact) mass is 290 g/mol. The summed E-state index contributed by atoms with van der Waals surface area (Å²) in [6.07, 6.45) is 1.04. The number of hydrogen-bond donors (Lipinski definition) is 0. The number of aryl methyl sites for hydroxylation is 2. The van der Waals surface area contributed by atoms with Gasteiger partial charge in [0.25, 0.3) is 0 Å². The standard InChI is InChI=1S/C16H19FN2O2/c1-4-12-9-13(19(5-2)18-12)10-15(20)11-6-7-16(21-3)14(17)8-11/h6-9H,4-5,10H2,1-3H3. The van der Waals surface area contributed by atoms with Crippen LogP contribution in [0.4, 0.5) is 4.39 Å². The van der Waals surface area contributed by atoms with Crippen LogP contribution in [0.15, 0.2) is 24.3 Å². The van der Waals surface area contributed by atoms with E-state index in [1.807, 2.05) is 24.6 Å². The van der Waals surface area contributed by atoms with Crippen molar-refractivity contribution in [2.75, 3.05) is 7.11 Å². The van der Waals surface area contributed by atoms with E-state index < -0.39 is 5.82 Å². The van der Waals surface area contributed by atoms with Crippen molar-refractivity contribution in [2.24, 2.45) is 0 Å². The Morgan fingerprint density at radius 3 is 2.67 bits per heavy atom. The number of aromatic nitrogens is 2. The highest BCUT2D eigenvalue weighted by Gasteiger charge is 2.14. The zero-order valence-corrected chi connectivity index (χ0v) is 12.5. The third-order valence-corrected chi connectivity index (χ3v) is 3.39. The van der Waals surface area contributed by atoms with Crippen LogP contribution in [0.2, 0.25) is 0 Å². The van der Waals surface area contributed by atoms with Crippen LogP contribution < -0.4 is 4.74 Å². The van der Waals surface area contributed by atoms with E-state index >= 15 is 0 Å². The van der Waals surface area contributed by atoms with Gasteiger partial charge < -0.3 is 4.74 Å². The van der Waals surface area contributed by atoms with Crippen molar-refractivity contribution in [1.82, 2.24) is 9.78 Å². The summed E-state index contributed by atoms with van der Waals surface area (Å²) in [6.45, 7) is 4.71. The summed E-state index contributed by atoms with van der Waals surface area (Å²) in [7, 11) is 1.39. The van der Waals surface area contributed by atoms with E-state index in [-0.39, 0.29) is 18.0 Å². The summed E-state index contributed by atoms with van der Waals surface area (Å²) < 4.78 is 20.3. The lowest BCUT2D eigenvalue weighted by Gasteiger charge is -2.06. The molecule has 0 radical (unpaired) electrons. The summed E-state index contributed by atoms with van der Waals surface area (Å²) in [5, 5.41) is 4.41. The van der Waals surface area contributed by atoms with Gasteiger partial charge in [0, 0.05) is 17.8 Å². The average Bonchev–Trinajstić information content (AvgIpc) is 2.89. The van der Waals surface area contributed by atoms with Gasteiger partial charge in [0.2, 0.25) is 0 Å². The third-order valence-electron chi connectivity index (χ3n) is 3.39. The molecule has 0 fully saturated rings. The fraction of sp³-hybridized carbons (Fsp3) is 0.375. The van der Waals surface area contributed by atoms with Crippen molar-refractivity contribution in [3.8, 4) is 5.75 Å². The number of halogens is 1. The molecule has 21 heavy (non-hydrogen) atoms. The topological polar surface area (TPSA) is 44.1 Å². The minimum Gasteiger partial charge on any atom is -0.494 e. The Labute approximate surface area is 123 Å². The minimum absolute atomic E-state index is 0.131. The van der Waals surface area contributed by atoms with Gasteiger partial charge in [0.15, 0.2) is 17.3 Å². The fourth-order valence-corrected chi connectivity index (χ4v) is 2.21. The molecule has 0 amide bonds. The Bertz CT molecular complexity index is 650. The molecule has 5 heteroatoms. The van der Waals surface area contributed by atoms with E-state index in [4.69, 9.17) is 4.74 Å². The molecular weight excluding hydrogens is 271 g/mol. The lowest BCUT2D eigenvalue weighted by Crippen LogP contribution is -2.10. The Hall–Kier alpha value is -2.17. The molecule has 0 aliphatic heterocycles. The lowest BCUT2D eigenvalue weighted by molar-refractivity contribution is 0.0990. The molecule has 1 heterocycles. The second kappa shape index (κ2) is 6.52. The minimum atomic E-state index is -0.526. The summed E-state index contributed by atoms with van der Waals surface area (Å²) >= 11 is 0. The third kappa shape index (κ3) is 3.29. The van der Waals surface area contributed by atoms with Crippen LogP contribution in [0.1, 0.15) is 35.6 Å². The van der Waals surface area contributed by atoms with Crippen LogP contribution in [0.25, 0.3) is 0 Å². The van der Waals surface area contributed by atoms with E-state index in [9.17, 15) is 9.18 Å². The molecule has 0 atom stereocenters. The first-order chi connectivity index (χ1) is 10.1.